The van der Waals surface area contributed by atoms with Crippen LogP contribution in [0, 0.1) is 17.8 Å². The molecule has 3 amide bonds. The summed E-state index contributed by atoms with van der Waals surface area (Å²) in [5.41, 5.74) is 8.02. The van der Waals surface area contributed by atoms with E-state index in [1.54, 1.807) is 41.3 Å². The van der Waals surface area contributed by atoms with Gasteiger partial charge >= 0.3 is 0 Å². The lowest BCUT2D eigenvalue weighted by Gasteiger charge is -2.31. The molecule has 0 aromatic heterocycles. The quantitative estimate of drug-likeness (QED) is 0.0418. The molecule has 0 bridgehead atoms. The lowest BCUT2D eigenvalue weighted by atomic mass is 9.93. The Balaban J connectivity index is 0.840. The van der Waals surface area contributed by atoms with Crippen LogP contribution in [0.4, 0.5) is 22.7 Å². The fourth-order valence-corrected chi connectivity index (χ4v) is 12.3. The zero-order valence-electron chi connectivity index (χ0n) is 42.3. The number of carbonyl (C=O) groups excluding carboxylic acids is 3. The van der Waals surface area contributed by atoms with E-state index in [1.165, 1.54) is 4.31 Å². The molecule has 1 aliphatic carbocycles. The lowest BCUT2D eigenvalue weighted by Crippen LogP contribution is -2.49. The molecule has 0 spiro atoms. The van der Waals surface area contributed by atoms with Crippen molar-refractivity contribution in [1.82, 2.24) is 19.5 Å². The standard InChI is InChI=1S/C60H54N6O9S2/c1-63(45-18-5-3-6-19-45)47-27-29-49-53(37-47)75-54-38-48(64(2)46-20-7-4-8-21-46)28-30-50(54)58(49)51-22-12-14-24-55(51)76(70,71)65-35-32-43(33-36-65)59(68)62-39-56(77(72,73)74)60(69)61-34-31-57(67)66-40-44-17-10-9-15-41(44)25-26-42-16-11-13-23-52(42)66/h3-24,27-30,37-38,43,56H,31-36,39-40H2,1-2H3,(H2-,61,62,68,69,72,73,74)/p+1. The Kier molecular flexibility index (Phi) is 14.9. The first-order valence-corrected chi connectivity index (χ1v) is 28.1. The minimum atomic E-state index is -5.03. The number of sulfonamides is 1. The summed E-state index contributed by atoms with van der Waals surface area (Å²) in [6.07, 6.45) is -0.0132. The molecule has 10 rings (SSSR count). The number of benzene rings is 7. The van der Waals surface area contributed by atoms with Gasteiger partial charge in [-0.25, -0.2) is 8.42 Å². The first-order valence-electron chi connectivity index (χ1n) is 25.2. The first kappa shape index (κ1) is 52.1. The number of nitrogens with one attached hydrogen (secondary N) is 2. The van der Waals surface area contributed by atoms with Gasteiger partial charge in [-0.05, 0) is 73.0 Å². The number of amides is 3. The van der Waals surface area contributed by atoms with Gasteiger partial charge in [0.2, 0.25) is 38.8 Å². The molecule has 6 aromatic rings. The molecule has 77 heavy (non-hydrogen) atoms. The van der Waals surface area contributed by atoms with Crippen LogP contribution in [0.3, 0.4) is 0 Å². The van der Waals surface area contributed by atoms with Crippen LogP contribution in [0.15, 0.2) is 179 Å². The average molecular weight is 1070 g/mol. The maximum absolute atomic E-state index is 14.9. The van der Waals surface area contributed by atoms with E-state index in [4.69, 9.17) is 4.42 Å². The van der Waals surface area contributed by atoms with Gasteiger partial charge in [-0.3, -0.25) is 18.9 Å². The minimum Gasteiger partial charge on any atom is -0.456 e. The maximum atomic E-state index is 14.9. The summed E-state index contributed by atoms with van der Waals surface area (Å²) in [6, 6.07) is 53.1. The molecule has 3 N–H and O–H groups in total. The Morgan fingerprint density at radius 1 is 0.740 bits per heavy atom. The molecule has 4 aliphatic rings. The van der Waals surface area contributed by atoms with Crippen LogP contribution >= 0.6 is 0 Å². The van der Waals surface area contributed by atoms with Crippen LogP contribution in [-0.2, 0) is 41.1 Å². The second-order valence-corrected chi connectivity index (χ2v) is 22.5. The van der Waals surface area contributed by atoms with E-state index in [0.29, 0.717) is 44.7 Å². The monoisotopic (exact) mass is 1070 g/mol. The third-order valence-corrected chi connectivity index (χ3v) is 17.3. The topological polar surface area (TPSA) is 190 Å². The molecule has 6 aromatic carbocycles. The highest BCUT2D eigenvalue weighted by molar-refractivity contribution is 7.89. The highest BCUT2D eigenvalue weighted by Crippen LogP contribution is 2.44. The zero-order chi connectivity index (χ0) is 53.8. The Bertz CT molecular complexity index is 3910. The predicted octanol–water partition coefficient (Wildman–Crippen LogP) is 7.93. The van der Waals surface area contributed by atoms with Crippen LogP contribution < -0.4 is 30.4 Å². The third kappa shape index (κ3) is 11.0. The van der Waals surface area contributed by atoms with Crippen LogP contribution in [-0.4, -0.2) is 88.9 Å². The number of nitrogens with zero attached hydrogens (tertiary/aromatic N) is 4. The Labute approximate surface area is 447 Å². The molecule has 0 saturated carbocycles. The van der Waals surface area contributed by atoms with Crippen molar-refractivity contribution in [3.63, 3.8) is 0 Å². The summed E-state index contributed by atoms with van der Waals surface area (Å²) < 4.78 is 75.2. The number of anilines is 3. The zero-order valence-corrected chi connectivity index (χ0v) is 43.9. The van der Waals surface area contributed by atoms with Gasteiger partial charge in [-0.1, -0.05) is 96.8 Å². The number of fused-ring (bicyclic) bond motifs is 4. The van der Waals surface area contributed by atoms with Crippen molar-refractivity contribution in [3.8, 4) is 34.3 Å². The van der Waals surface area contributed by atoms with Gasteiger partial charge < -0.3 is 24.9 Å². The first-order chi connectivity index (χ1) is 37.2. The van der Waals surface area contributed by atoms with Crippen molar-refractivity contribution >= 4 is 71.6 Å². The van der Waals surface area contributed by atoms with Crippen LogP contribution in [0.2, 0.25) is 0 Å². The van der Waals surface area contributed by atoms with Crippen molar-refractivity contribution in [3.05, 3.63) is 192 Å². The summed E-state index contributed by atoms with van der Waals surface area (Å²) in [6.45, 7) is -0.846. The van der Waals surface area contributed by atoms with Crippen LogP contribution in [0.5, 0.6) is 0 Å². The number of hydrogen-bond acceptors (Lipinski definition) is 9. The number of piperidine rings is 1. The third-order valence-electron chi connectivity index (χ3n) is 14.3. The molecule has 3 heterocycles. The second kappa shape index (κ2) is 22.1. The molecule has 1 atom stereocenters. The van der Waals surface area contributed by atoms with E-state index in [-0.39, 0.29) is 56.2 Å². The molecular formula is C60H55N6O9S2+. The number of rotatable bonds is 14. The van der Waals surface area contributed by atoms with E-state index in [2.05, 4.69) is 22.5 Å². The number of para-hydroxylation sites is 3. The summed E-state index contributed by atoms with van der Waals surface area (Å²) >= 11 is 0. The van der Waals surface area contributed by atoms with Crippen molar-refractivity contribution in [2.75, 3.05) is 50.1 Å². The predicted molar refractivity (Wildman–Crippen MR) is 298 cm³/mol. The maximum Gasteiger partial charge on any atom is 0.278 e. The summed E-state index contributed by atoms with van der Waals surface area (Å²) in [5.74, 6) is 4.05. The van der Waals surface area contributed by atoms with Gasteiger partial charge in [0.1, 0.15) is 18.4 Å². The Morgan fingerprint density at radius 2 is 1.40 bits per heavy atom. The van der Waals surface area contributed by atoms with E-state index in [1.807, 2.05) is 157 Å². The van der Waals surface area contributed by atoms with Gasteiger partial charge in [-0.2, -0.15) is 17.3 Å². The number of carbonyl (C=O) groups is 3. The highest BCUT2D eigenvalue weighted by atomic mass is 32.2. The van der Waals surface area contributed by atoms with E-state index < -0.39 is 49.7 Å². The van der Waals surface area contributed by atoms with Gasteiger partial charge in [0.25, 0.3) is 10.1 Å². The molecule has 3 aliphatic heterocycles. The molecule has 17 heteroatoms. The van der Waals surface area contributed by atoms with Crippen LogP contribution in [0.1, 0.15) is 36.0 Å². The van der Waals surface area contributed by atoms with E-state index in [9.17, 15) is 35.8 Å². The van der Waals surface area contributed by atoms with Crippen molar-refractivity contribution in [2.45, 2.75) is 36.0 Å². The molecule has 0 radical (unpaired) electrons. The fraction of sp³-hybridized carbons (Fsp3) is 0.200. The average Bonchev–Trinajstić information content (AvgIpc) is 3.52. The normalized spacial score (nSPS) is 14.7. The molecule has 1 unspecified atom stereocenters. The molecule has 15 nitrogen and oxygen atoms in total. The van der Waals surface area contributed by atoms with Gasteiger partial charge in [0.05, 0.1) is 23.2 Å². The number of hydrogen-bond donors (Lipinski definition) is 3. The summed E-state index contributed by atoms with van der Waals surface area (Å²) in [4.78, 5) is 44.3. The Morgan fingerprint density at radius 3 is 2.16 bits per heavy atom. The van der Waals surface area contributed by atoms with Crippen molar-refractivity contribution in [1.29, 1.82) is 0 Å². The molecule has 390 valence electrons. The molecule has 1 saturated heterocycles. The fourth-order valence-electron chi connectivity index (χ4n) is 9.99. The van der Waals surface area contributed by atoms with Gasteiger partial charge in [0, 0.05) is 114 Å². The van der Waals surface area contributed by atoms with E-state index >= 15 is 0 Å². The van der Waals surface area contributed by atoms with Crippen LogP contribution in [0.25, 0.3) is 33.4 Å². The summed E-state index contributed by atoms with van der Waals surface area (Å²) in [5, 5.41) is 4.43. The smallest absolute Gasteiger partial charge is 0.278 e. The molecule has 1 fully saturated rings. The Hall–Kier alpha value is -8.40. The van der Waals surface area contributed by atoms with Crippen molar-refractivity contribution in [2.24, 2.45) is 5.92 Å². The van der Waals surface area contributed by atoms with Gasteiger partial charge in [0.15, 0.2) is 5.25 Å². The SMILES string of the molecule is CN(c1ccccc1)c1ccc2c(-c3ccccc3S(=O)(=O)N3CCC(C(=O)NCC(C(=O)NCCC(=O)N4Cc5ccccc5C#Cc5ccccc54)S(=O)(=O)O)CC3)c3ccc(=[N+](C)c4ccccc4)cc-3oc2c1. The lowest BCUT2D eigenvalue weighted by molar-refractivity contribution is -0.126. The van der Waals surface area contributed by atoms with E-state index in [0.717, 1.165) is 33.5 Å². The highest BCUT2D eigenvalue weighted by Gasteiger charge is 2.37. The summed E-state index contributed by atoms with van der Waals surface area (Å²) in [7, 11) is -5.29. The minimum absolute atomic E-state index is 0.0272. The van der Waals surface area contributed by atoms with Gasteiger partial charge in [-0.15, -0.1) is 0 Å². The molecular weight excluding hydrogens is 1010 g/mol. The van der Waals surface area contributed by atoms with Crippen molar-refractivity contribution < 1.29 is 40.2 Å². The second-order valence-electron chi connectivity index (χ2n) is 19.0. The largest absolute Gasteiger partial charge is 0.456 e.